The van der Waals surface area contributed by atoms with Crippen LogP contribution in [0.2, 0.25) is 0 Å². The first-order valence-corrected chi connectivity index (χ1v) is 25.7. The van der Waals surface area contributed by atoms with Gasteiger partial charge in [-0.3, -0.25) is 28.9 Å². The van der Waals surface area contributed by atoms with Crippen LogP contribution in [0.3, 0.4) is 0 Å². The Kier molecular flexibility index (Phi) is 14.8. The summed E-state index contributed by atoms with van der Waals surface area (Å²) < 4.78 is 82.0. The number of imidazole rings is 2. The summed E-state index contributed by atoms with van der Waals surface area (Å²) in [4.78, 5) is 77.1. The number of amides is 4. The number of carbonyl (C=O) groups is 2. The van der Waals surface area contributed by atoms with Crippen LogP contribution in [0.5, 0.6) is 0 Å². The second-order valence-electron chi connectivity index (χ2n) is 16.4. The summed E-state index contributed by atoms with van der Waals surface area (Å²) in [7, 11) is -11.5. The Labute approximate surface area is 414 Å². The van der Waals surface area contributed by atoms with Crippen molar-refractivity contribution in [1.82, 2.24) is 49.7 Å². The van der Waals surface area contributed by atoms with Crippen LogP contribution in [0.15, 0.2) is 98.1 Å². The van der Waals surface area contributed by atoms with Crippen LogP contribution < -0.4 is 31.1 Å². The zero-order valence-electron chi connectivity index (χ0n) is 38.6. The van der Waals surface area contributed by atoms with Crippen LogP contribution in [0.4, 0.5) is 21.2 Å². The largest absolute Gasteiger partial charge is 0.756 e. The highest BCUT2D eigenvalue weighted by atomic mass is 31.3. The molecular formula is C44H46N12O15P2-2. The van der Waals surface area contributed by atoms with Gasteiger partial charge in [0.05, 0.1) is 25.9 Å². The fraction of sp³-hybridized carbons (Fsp3) is 0.364. The first kappa shape index (κ1) is 50.1. The molecule has 4 amide bonds. The van der Waals surface area contributed by atoms with Crippen molar-refractivity contribution in [2.24, 2.45) is 0 Å². The molecule has 2 aromatic carbocycles. The fourth-order valence-corrected chi connectivity index (χ4v) is 10.5. The van der Waals surface area contributed by atoms with Crippen molar-refractivity contribution < 1.29 is 70.3 Å². The van der Waals surface area contributed by atoms with E-state index in [1.165, 1.54) is 34.4 Å². The molecule has 4 aliphatic heterocycles. The van der Waals surface area contributed by atoms with Crippen molar-refractivity contribution in [2.75, 3.05) is 36.9 Å². The normalized spacial score (nSPS) is 27.3. The summed E-state index contributed by atoms with van der Waals surface area (Å²) in [5.41, 5.74) is 2.58. The van der Waals surface area contributed by atoms with Gasteiger partial charge in [0.1, 0.15) is 49.3 Å². The van der Waals surface area contributed by atoms with Crippen molar-refractivity contribution in [3.8, 4) is 0 Å². The van der Waals surface area contributed by atoms with Gasteiger partial charge in [-0.05, 0) is 37.1 Å². The second-order valence-corrected chi connectivity index (χ2v) is 19.4. The third-order valence-corrected chi connectivity index (χ3v) is 14.2. The number of aromatic nitrogens is 8. The predicted octanol–water partition coefficient (Wildman–Crippen LogP) is 3.38. The summed E-state index contributed by atoms with van der Waals surface area (Å²) in [6.07, 6.45) is 1.88. The van der Waals surface area contributed by atoms with Gasteiger partial charge in [0.25, 0.3) is 15.6 Å². The fourth-order valence-electron chi connectivity index (χ4n) is 8.51. The number of nitrogens with one attached hydrogen (secondary N) is 4. The monoisotopic (exact) mass is 1040 g/mol. The van der Waals surface area contributed by atoms with E-state index in [2.05, 4.69) is 55.5 Å². The minimum Gasteiger partial charge on any atom is -0.756 e. The van der Waals surface area contributed by atoms with E-state index in [0.29, 0.717) is 13.1 Å². The van der Waals surface area contributed by atoms with Crippen molar-refractivity contribution in [1.29, 1.82) is 0 Å². The highest BCUT2D eigenvalue weighted by Gasteiger charge is 2.55. The molecule has 6 aromatic rings. The summed E-state index contributed by atoms with van der Waals surface area (Å²) in [5, 5.41) is 10.5. The lowest BCUT2D eigenvalue weighted by atomic mass is 10.1. The summed E-state index contributed by atoms with van der Waals surface area (Å²) >= 11 is 0. The topological polar surface area (TPSA) is 333 Å². The maximum absolute atomic E-state index is 13.3. The predicted molar refractivity (Wildman–Crippen MR) is 250 cm³/mol. The van der Waals surface area contributed by atoms with Gasteiger partial charge >= 0.3 is 12.1 Å². The van der Waals surface area contributed by atoms with Gasteiger partial charge in [0.2, 0.25) is 0 Å². The Morgan fingerprint density at radius 3 is 1.42 bits per heavy atom. The van der Waals surface area contributed by atoms with Crippen molar-refractivity contribution >= 4 is 73.8 Å². The Bertz CT molecular complexity index is 2890. The van der Waals surface area contributed by atoms with Crippen LogP contribution in [-0.4, -0.2) is 127 Å². The molecule has 12 atom stereocenters. The number of rotatable bonds is 18. The zero-order valence-corrected chi connectivity index (χ0v) is 40.4. The molecule has 8 heterocycles. The molecular weight excluding hydrogens is 999 g/mol. The van der Waals surface area contributed by atoms with E-state index in [-0.39, 0.29) is 34.0 Å². The Morgan fingerprint density at radius 1 is 0.603 bits per heavy atom. The highest BCUT2D eigenvalue weighted by molar-refractivity contribution is 7.59. The Morgan fingerprint density at radius 2 is 1.01 bits per heavy atom. The lowest BCUT2D eigenvalue weighted by Crippen LogP contribution is -2.33. The zero-order chi connectivity index (χ0) is 50.7. The molecule has 4 saturated heterocycles. The number of carbonyl (C=O) groups excluding carboxylic acids is 2. The molecule has 384 valence electrons. The quantitative estimate of drug-likeness (QED) is 0.0896. The van der Waals surface area contributed by atoms with Crippen molar-refractivity contribution in [2.45, 2.75) is 75.5 Å². The highest BCUT2D eigenvalue weighted by Crippen LogP contribution is 2.57. The van der Waals surface area contributed by atoms with E-state index in [9.17, 15) is 28.5 Å². The molecule has 0 radical (unpaired) electrons. The number of nitrogens with zero attached hydrogens (tertiary/aromatic N) is 8. The van der Waals surface area contributed by atoms with Gasteiger partial charge < -0.3 is 57.9 Å². The molecule has 27 nitrogen and oxygen atoms in total. The first-order valence-electron chi connectivity index (χ1n) is 22.8. The summed E-state index contributed by atoms with van der Waals surface area (Å²) in [5.74, 6) is 0.218. The number of phosphoric acid groups is 2. The number of hydrogen-bond donors (Lipinski definition) is 4. The molecule has 4 fully saturated rings. The first-order chi connectivity index (χ1) is 35.3. The van der Waals surface area contributed by atoms with Crippen LogP contribution in [-0.2, 0) is 50.9 Å². The van der Waals surface area contributed by atoms with Crippen molar-refractivity contribution in [3.63, 3.8) is 0 Å². The van der Waals surface area contributed by atoms with E-state index in [1.807, 2.05) is 60.7 Å². The summed E-state index contributed by atoms with van der Waals surface area (Å²) in [6, 6.07) is 17.6. The third kappa shape index (κ3) is 11.2. The molecule has 29 heteroatoms. The molecule has 4 N–H and O–H groups in total. The molecule has 7 unspecified atom stereocenters. The Hall–Kier alpha value is -6.42. The molecule has 73 heavy (non-hydrogen) atoms. The lowest BCUT2D eigenvalue weighted by molar-refractivity contribution is -0.247. The second kappa shape index (κ2) is 21.6. The number of fused-ring (bicyclic) bond motifs is 4. The van der Waals surface area contributed by atoms with Gasteiger partial charge in [-0.1, -0.05) is 72.8 Å². The average molecular weight is 1040 g/mol. The number of hydrogen-bond acceptors (Lipinski definition) is 21. The maximum atomic E-state index is 13.3. The molecule has 4 aromatic heterocycles. The van der Waals surface area contributed by atoms with E-state index in [4.69, 9.17) is 37.5 Å². The van der Waals surface area contributed by atoms with E-state index in [0.717, 1.165) is 11.1 Å². The molecule has 4 aliphatic rings. The molecule has 0 aliphatic carbocycles. The standard InChI is InChI=1S/C44H48N12O15P2/c1-3-45-43(57)53-37-31-39(49-21-47-37)55(23-51-31)41-35-33(67-29(69-35)17-15-25-11-7-5-8-12-25)27(65-41)19-63-72(59,60)71-73(61,62)64-20-28-34-36(70-30(68-34)18-16-26-13-9-6-10-14-26)42(66-28)56-24-52-32-38(48-22-50-40(32)56)54-44(58)46-4-2/h5-18,21-24,27-30,33-36,41-42H,3-4,19-20H2,1-2H3,(H,59,60)(H,61,62)(H2,45,47,49,53,57)(H2,46,48,50,54,58)/p-2/b17-15+,18-16+/t27-,28-,29?,30?,33?,34?,35-,36?,41-,42-/m1/s1. The smallest absolute Gasteiger partial charge is 0.320 e. The number of phosphoric ester groups is 2. The van der Waals surface area contributed by atoms with Gasteiger partial charge in [-0.25, -0.2) is 43.8 Å². The van der Waals surface area contributed by atoms with Crippen molar-refractivity contribution in [3.05, 3.63) is 109 Å². The number of benzene rings is 2. The summed E-state index contributed by atoms with van der Waals surface area (Å²) in [6.45, 7) is 2.62. The van der Waals surface area contributed by atoms with Crippen LogP contribution >= 0.6 is 15.6 Å². The molecule has 0 spiro atoms. The SMILES string of the molecule is CCNC(=O)Nc1ncnc2c1ncn2[C@@H]1O[C@H](COP(=O)([O-])OP(=O)([O-])OC[C@H]2O[C@@H](n3cnc4c(NC(=O)NCC)ncnc43)[C@@H]3OC(/C=C/c4ccccc4)OC32)C2OC(/C=C/c3ccccc3)OC21. The van der Waals surface area contributed by atoms with Crippen LogP contribution in [0.1, 0.15) is 37.4 Å². The average Bonchev–Trinajstić information content (AvgIpc) is 4.24. The number of ether oxygens (including phenoxy) is 6. The molecule has 0 saturated carbocycles. The molecule has 0 bridgehead atoms. The van der Waals surface area contributed by atoms with Gasteiger partial charge in [0.15, 0.2) is 59.0 Å². The minimum absolute atomic E-state index is 0.109. The van der Waals surface area contributed by atoms with E-state index in [1.54, 1.807) is 38.2 Å². The maximum Gasteiger partial charge on any atom is 0.320 e. The van der Waals surface area contributed by atoms with E-state index >= 15 is 0 Å². The van der Waals surface area contributed by atoms with E-state index < -0.39 is 103 Å². The molecule has 10 rings (SSSR count). The van der Waals surface area contributed by atoms with Gasteiger partial charge in [-0.2, -0.15) is 0 Å². The third-order valence-electron chi connectivity index (χ3n) is 11.6. The number of anilines is 2. The minimum atomic E-state index is -5.74. The van der Waals surface area contributed by atoms with Gasteiger partial charge in [-0.15, -0.1) is 0 Å². The Balaban J connectivity index is 0.830. The van der Waals surface area contributed by atoms with Crippen LogP contribution in [0.25, 0.3) is 34.5 Å². The van der Waals surface area contributed by atoms with Crippen LogP contribution in [0, 0.1) is 0 Å². The number of urea groups is 2. The lowest BCUT2D eigenvalue weighted by Gasteiger charge is -2.32. The van der Waals surface area contributed by atoms with Gasteiger partial charge in [0, 0.05) is 13.1 Å².